The van der Waals surface area contributed by atoms with E-state index < -0.39 is 11.9 Å². The monoisotopic (exact) mass is 260 g/mol. The molecule has 104 valence electrons. The van der Waals surface area contributed by atoms with Crippen LogP contribution in [-0.2, 0) is 14.3 Å². The SMILES string of the molecule is CCCN(CC(=O)OC)C(=O)NCCCC(=O)O. The summed E-state index contributed by atoms with van der Waals surface area (Å²) < 4.78 is 4.50. The molecule has 0 aliphatic rings. The van der Waals surface area contributed by atoms with Crippen LogP contribution in [0.5, 0.6) is 0 Å². The van der Waals surface area contributed by atoms with Crippen molar-refractivity contribution in [3.05, 3.63) is 0 Å². The van der Waals surface area contributed by atoms with E-state index in [1.54, 1.807) is 0 Å². The second kappa shape index (κ2) is 9.26. The molecule has 0 atom stereocenters. The Kier molecular flexibility index (Phi) is 8.34. The Morgan fingerprint density at radius 1 is 1.33 bits per heavy atom. The number of carbonyl (C=O) groups is 3. The van der Waals surface area contributed by atoms with Crippen molar-refractivity contribution < 1.29 is 24.2 Å². The van der Waals surface area contributed by atoms with Crippen LogP contribution in [0.25, 0.3) is 0 Å². The Bertz CT molecular complexity index is 293. The normalized spacial score (nSPS) is 9.67. The van der Waals surface area contributed by atoms with Crippen molar-refractivity contribution >= 4 is 18.0 Å². The summed E-state index contributed by atoms with van der Waals surface area (Å²) in [6.45, 7) is 2.50. The maximum atomic E-state index is 11.7. The second-order valence-corrected chi connectivity index (χ2v) is 3.73. The van der Waals surface area contributed by atoms with Crippen LogP contribution in [0.1, 0.15) is 26.2 Å². The first-order valence-electron chi connectivity index (χ1n) is 5.82. The molecule has 0 unspecified atom stereocenters. The predicted octanol–water partition coefficient (Wildman–Crippen LogP) is 0.446. The molecule has 0 saturated carbocycles. The number of methoxy groups -OCH3 is 1. The van der Waals surface area contributed by atoms with Crippen LogP contribution in [0.15, 0.2) is 0 Å². The number of hydrogen-bond acceptors (Lipinski definition) is 4. The van der Waals surface area contributed by atoms with Gasteiger partial charge in [0.05, 0.1) is 7.11 Å². The van der Waals surface area contributed by atoms with Gasteiger partial charge < -0.3 is 20.1 Å². The van der Waals surface area contributed by atoms with Crippen LogP contribution in [0.2, 0.25) is 0 Å². The molecular formula is C11H20N2O5. The lowest BCUT2D eigenvalue weighted by Crippen LogP contribution is -2.43. The van der Waals surface area contributed by atoms with Crippen LogP contribution in [0.3, 0.4) is 0 Å². The van der Waals surface area contributed by atoms with Crippen molar-refractivity contribution in [3.8, 4) is 0 Å². The molecule has 0 saturated heterocycles. The van der Waals surface area contributed by atoms with Crippen LogP contribution in [0, 0.1) is 0 Å². The molecule has 0 aromatic carbocycles. The Morgan fingerprint density at radius 2 is 2.00 bits per heavy atom. The predicted molar refractivity (Wildman–Crippen MR) is 64.1 cm³/mol. The van der Waals surface area contributed by atoms with Crippen LogP contribution < -0.4 is 5.32 Å². The van der Waals surface area contributed by atoms with Gasteiger partial charge in [0.2, 0.25) is 0 Å². The van der Waals surface area contributed by atoms with Gasteiger partial charge in [0.15, 0.2) is 0 Å². The molecule has 18 heavy (non-hydrogen) atoms. The van der Waals surface area contributed by atoms with E-state index in [0.717, 1.165) is 6.42 Å². The number of ether oxygens (including phenoxy) is 1. The summed E-state index contributed by atoms with van der Waals surface area (Å²) >= 11 is 0. The number of amides is 2. The lowest BCUT2D eigenvalue weighted by Gasteiger charge is -2.21. The molecule has 2 N–H and O–H groups in total. The largest absolute Gasteiger partial charge is 0.481 e. The first-order chi connectivity index (χ1) is 8.51. The van der Waals surface area contributed by atoms with Gasteiger partial charge in [-0.1, -0.05) is 6.92 Å². The standard InChI is InChI=1S/C11H20N2O5/c1-3-7-13(8-10(16)18-2)11(17)12-6-4-5-9(14)15/h3-8H2,1-2H3,(H,12,17)(H,14,15). The van der Waals surface area contributed by atoms with E-state index in [2.05, 4.69) is 10.1 Å². The van der Waals surface area contributed by atoms with E-state index in [0.29, 0.717) is 13.0 Å². The Labute approximate surface area is 106 Å². The van der Waals surface area contributed by atoms with E-state index in [4.69, 9.17) is 5.11 Å². The highest BCUT2D eigenvalue weighted by atomic mass is 16.5. The van der Waals surface area contributed by atoms with Gasteiger partial charge in [0.1, 0.15) is 6.54 Å². The van der Waals surface area contributed by atoms with E-state index in [9.17, 15) is 14.4 Å². The molecule has 0 aromatic heterocycles. The van der Waals surface area contributed by atoms with Gasteiger partial charge in [-0.2, -0.15) is 0 Å². The summed E-state index contributed by atoms with van der Waals surface area (Å²) in [4.78, 5) is 34.4. The molecule has 2 amide bonds. The molecular weight excluding hydrogens is 240 g/mol. The van der Waals surface area contributed by atoms with Crippen molar-refractivity contribution in [3.63, 3.8) is 0 Å². The number of carboxylic acid groups (broad SMARTS) is 1. The average Bonchev–Trinajstić information content (AvgIpc) is 2.33. The molecule has 0 aliphatic carbocycles. The summed E-state index contributed by atoms with van der Waals surface area (Å²) in [6, 6.07) is -0.382. The number of esters is 1. The van der Waals surface area contributed by atoms with Crippen LogP contribution in [-0.4, -0.2) is 54.7 Å². The lowest BCUT2D eigenvalue weighted by molar-refractivity contribution is -0.141. The first kappa shape index (κ1) is 16.2. The second-order valence-electron chi connectivity index (χ2n) is 3.73. The molecule has 0 rings (SSSR count). The van der Waals surface area contributed by atoms with E-state index in [-0.39, 0.29) is 25.5 Å². The van der Waals surface area contributed by atoms with Gasteiger partial charge in [-0.25, -0.2) is 4.79 Å². The van der Waals surface area contributed by atoms with E-state index in [1.807, 2.05) is 6.92 Å². The van der Waals surface area contributed by atoms with Gasteiger partial charge in [-0.05, 0) is 12.8 Å². The fraction of sp³-hybridized carbons (Fsp3) is 0.727. The molecule has 0 radical (unpaired) electrons. The summed E-state index contributed by atoms with van der Waals surface area (Å²) in [6.07, 6.45) is 1.09. The number of rotatable bonds is 8. The van der Waals surface area contributed by atoms with Crippen LogP contribution in [0.4, 0.5) is 4.79 Å². The van der Waals surface area contributed by atoms with Crippen molar-refractivity contribution in [1.29, 1.82) is 0 Å². The maximum absolute atomic E-state index is 11.7. The maximum Gasteiger partial charge on any atom is 0.325 e. The topological polar surface area (TPSA) is 95.9 Å². The lowest BCUT2D eigenvalue weighted by atomic mass is 10.3. The Morgan fingerprint density at radius 3 is 2.50 bits per heavy atom. The highest BCUT2D eigenvalue weighted by molar-refractivity contribution is 5.80. The van der Waals surface area contributed by atoms with Crippen LogP contribution >= 0.6 is 0 Å². The fourth-order valence-electron chi connectivity index (χ4n) is 1.29. The third-order valence-corrected chi connectivity index (χ3v) is 2.17. The number of urea groups is 1. The van der Waals surface area contributed by atoms with Crippen molar-refractivity contribution in [1.82, 2.24) is 10.2 Å². The summed E-state index contributed by atoms with van der Waals surface area (Å²) in [5.41, 5.74) is 0. The quantitative estimate of drug-likeness (QED) is 0.488. The number of carbonyl (C=O) groups excluding carboxylic acids is 2. The van der Waals surface area contributed by atoms with E-state index in [1.165, 1.54) is 12.0 Å². The van der Waals surface area contributed by atoms with Gasteiger partial charge in [0.25, 0.3) is 0 Å². The molecule has 0 fully saturated rings. The average molecular weight is 260 g/mol. The number of nitrogens with one attached hydrogen (secondary N) is 1. The minimum absolute atomic E-state index is 0.00502. The number of nitrogens with zero attached hydrogens (tertiary/aromatic N) is 1. The van der Waals surface area contributed by atoms with Gasteiger partial charge in [0, 0.05) is 19.5 Å². The van der Waals surface area contributed by atoms with Crippen molar-refractivity contribution in [2.24, 2.45) is 0 Å². The van der Waals surface area contributed by atoms with E-state index >= 15 is 0 Å². The molecule has 7 nitrogen and oxygen atoms in total. The Balaban J connectivity index is 4.05. The molecule has 0 heterocycles. The molecule has 0 bridgehead atoms. The third kappa shape index (κ3) is 7.48. The zero-order valence-electron chi connectivity index (χ0n) is 10.8. The van der Waals surface area contributed by atoms with Gasteiger partial charge >= 0.3 is 18.0 Å². The number of hydrogen-bond donors (Lipinski definition) is 2. The van der Waals surface area contributed by atoms with Crippen molar-refractivity contribution in [2.45, 2.75) is 26.2 Å². The minimum atomic E-state index is -0.899. The molecule has 7 heteroatoms. The number of carboxylic acids is 1. The number of aliphatic carboxylic acids is 1. The molecule has 0 aromatic rings. The third-order valence-electron chi connectivity index (χ3n) is 2.17. The van der Waals surface area contributed by atoms with Gasteiger partial charge in [-0.15, -0.1) is 0 Å². The summed E-state index contributed by atoms with van der Waals surface area (Å²) in [5, 5.41) is 11.0. The highest BCUT2D eigenvalue weighted by Crippen LogP contribution is 1.95. The fourth-order valence-corrected chi connectivity index (χ4v) is 1.29. The Hall–Kier alpha value is -1.79. The zero-order chi connectivity index (χ0) is 14.0. The first-order valence-corrected chi connectivity index (χ1v) is 5.82. The smallest absolute Gasteiger partial charge is 0.325 e. The molecule has 0 aliphatic heterocycles. The van der Waals surface area contributed by atoms with Crippen molar-refractivity contribution in [2.75, 3.05) is 26.7 Å². The molecule has 0 spiro atoms. The highest BCUT2D eigenvalue weighted by Gasteiger charge is 2.16. The zero-order valence-corrected chi connectivity index (χ0v) is 10.8. The summed E-state index contributed by atoms with van der Waals surface area (Å²) in [7, 11) is 1.26. The minimum Gasteiger partial charge on any atom is -0.481 e. The van der Waals surface area contributed by atoms with Gasteiger partial charge in [-0.3, -0.25) is 9.59 Å². The summed E-state index contributed by atoms with van der Waals surface area (Å²) in [5.74, 6) is -1.38.